The van der Waals surface area contributed by atoms with Crippen LogP contribution in [0.4, 0.5) is 5.00 Å². The highest BCUT2D eigenvalue weighted by Crippen LogP contribution is 2.38. The number of carbonyl (C=O) groups excluding carboxylic acids is 4. The molecule has 1 aliphatic carbocycles. The first-order valence-electron chi connectivity index (χ1n) is 9.18. The Morgan fingerprint density at radius 3 is 2.30 bits per heavy atom. The number of nitrogens with zero attached hydrogens (tertiary/aromatic N) is 1. The van der Waals surface area contributed by atoms with Gasteiger partial charge in [-0.1, -0.05) is 12.8 Å². The first-order valence-corrected chi connectivity index (χ1v) is 10.00. The van der Waals surface area contributed by atoms with Crippen LogP contribution in [-0.2, 0) is 19.1 Å². The standard InChI is InChI=1S/C19H24N2O5S/c1-10-11(2)27-16(15(10)19(25)26-3)20-14(22)8-9-21-17(23)12-6-4-5-7-13(12)18(21)24/h12-13H,4-9H2,1-3H3,(H,20,22)/t12-,13-/m0/s1. The maximum Gasteiger partial charge on any atom is 0.341 e. The molecule has 146 valence electrons. The van der Waals surface area contributed by atoms with Gasteiger partial charge in [0.05, 0.1) is 24.5 Å². The summed E-state index contributed by atoms with van der Waals surface area (Å²) in [4.78, 5) is 51.4. The van der Waals surface area contributed by atoms with E-state index in [0.29, 0.717) is 10.6 Å². The minimum Gasteiger partial charge on any atom is -0.465 e. The summed E-state index contributed by atoms with van der Waals surface area (Å²) in [7, 11) is 1.30. The van der Waals surface area contributed by atoms with Gasteiger partial charge in [-0.05, 0) is 32.3 Å². The van der Waals surface area contributed by atoms with E-state index in [0.717, 1.165) is 36.1 Å². The maximum absolute atomic E-state index is 12.5. The van der Waals surface area contributed by atoms with Crippen molar-refractivity contribution in [1.82, 2.24) is 4.90 Å². The summed E-state index contributed by atoms with van der Waals surface area (Å²) in [6.07, 6.45) is 3.47. The van der Waals surface area contributed by atoms with E-state index >= 15 is 0 Å². The van der Waals surface area contributed by atoms with E-state index in [4.69, 9.17) is 4.74 Å². The molecule has 2 heterocycles. The van der Waals surface area contributed by atoms with Crippen molar-refractivity contribution < 1.29 is 23.9 Å². The number of amides is 3. The number of fused-ring (bicyclic) bond motifs is 1. The lowest BCUT2D eigenvalue weighted by molar-refractivity contribution is -0.140. The number of anilines is 1. The molecule has 27 heavy (non-hydrogen) atoms. The molecule has 0 radical (unpaired) electrons. The average molecular weight is 392 g/mol. The molecule has 2 fully saturated rings. The van der Waals surface area contributed by atoms with Crippen molar-refractivity contribution in [2.24, 2.45) is 11.8 Å². The topological polar surface area (TPSA) is 92.8 Å². The second-order valence-corrected chi connectivity index (χ2v) is 8.33. The molecule has 0 spiro atoms. The molecule has 2 aliphatic rings. The summed E-state index contributed by atoms with van der Waals surface area (Å²) in [6.45, 7) is 3.75. The van der Waals surface area contributed by atoms with Crippen LogP contribution in [0.15, 0.2) is 0 Å². The van der Waals surface area contributed by atoms with Crippen LogP contribution < -0.4 is 5.32 Å². The third-order valence-corrected chi connectivity index (χ3v) is 6.65. The monoisotopic (exact) mass is 392 g/mol. The van der Waals surface area contributed by atoms with Gasteiger partial charge < -0.3 is 10.1 Å². The Hall–Kier alpha value is -2.22. The second-order valence-electron chi connectivity index (χ2n) is 7.10. The molecule has 2 atom stereocenters. The highest BCUT2D eigenvalue weighted by atomic mass is 32.1. The quantitative estimate of drug-likeness (QED) is 0.614. The number of carbonyl (C=O) groups is 4. The van der Waals surface area contributed by atoms with Crippen LogP contribution in [0, 0.1) is 25.7 Å². The number of esters is 1. The number of hydrogen-bond acceptors (Lipinski definition) is 6. The minimum atomic E-state index is -0.499. The number of methoxy groups -OCH3 is 1. The first-order chi connectivity index (χ1) is 12.8. The van der Waals surface area contributed by atoms with Crippen molar-refractivity contribution in [1.29, 1.82) is 0 Å². The molecule has 3 rings (SSSR count). The molecule has 1 N–H and O–H groups in total. The zero-order chi connectivity index (χ0) is 19.7. The molecule has 1 aromatic rings. The normalized spacial score (nSPS) is 22.0. The van der Waals surface area contributed by atoms with E-state index in [1.165, 1.54) is 23.3 Å². The Balaban J connectivity index is 1.64. The van der Waals surface area contributed by atoms with E-state index in [-0.39, 0.29) is 42.5 Å². The number of likely N-dealkylation sites (tertiary alicyclic amines) is 1. The van der Waals surface area contributed by atoms with E-state index in [9.17, 15) is 19.2 Å². The Morgan fingerprint density at radius 2 is 1.74 bits per heavy atom. The van der Waals surface area contributed by atoms with Crippen molar-refractivity contribution in [3.05, 3.63) is 16.0 Å². The lowest BCUT2D eigenvalue weighted by Gasteiger charge is -2.19. The zero-order valence-electron chi connectivity index (χ0n) is 15.8. The lowest BCUT2D eigenvalue weighted by Crippen LogP contribution is -2.34. The highest BCUT2D eigenvalue weighted by molar-refractivity contribution is 7.16. The zero-order valence-corrected chi connectivity index (χ0v) is 16.6. The number of thiophene rings is 1. The van der Waals surface area contributed by atoms with Crippen LogP contribution in [0.5, 0.6) is 0 Å². The number of aryl methyl sites for hydroxylation is 1. The Labute approximate surface area is 162 Å². The Bertz CT molecular complexity index is 776. The van der Waals surface area contributed by atoms with Gasteiger partial charge in [0.15, 0.2) is 0 Å². The van der Waals surface area contributed by atoms with Crippen molar-refractivity contribution in [2.75, 3.05) is 19.0 Å². The molecule has 0 bridgehead atoms. The molecule has 0 unspecified atom stereocenters. The summed E-state index contributed by atoms with van der Waals surface area (Å²) in [5, 5.41) is 3.17. The maximum atomic E-state index is 12.5. The van der Waals surface area contributed by atoms with Gasteiger partial charge in [-0.3, -0.25) is 19.3 Å². The van der Waals surface area contributed by atoms with Gasteiger partial charge in [0.1, 0.15) is 5.00 Å². The van der Waals surface area contributed by atoms with Crippen LogP contribution >= 0.6 is 11.3 Å². The second kappa shape index (κ2) is 7.80. The third kappa shape index (κ3) is 3.63. The molecule has 0 aromatic carbocycles. The number of imide groups is 1. The largest absolute Gasteiger partial charge is 0.465 e. The highest BCUT2D eigenvalue weighted by Gasteiger charge is 2.47. The summed E-state index contributed by atoms with van der Waals surface area (Å²) >= 11 is 1.31. The molecule has 1 aliphatic heterocycles. The molecule has 7 nitrogen and oxygen atoms in total. The fourth-order valence-corrected chi connectivity index (χ4v) is 4.98. The van der Waals surface area contributed by atoms with Crippen molar-refractivity contribution in [3.63, 3.8) is 0 Å². The van der Waals surface area contributed by atoms with E-state index in [1.54, 1.807) is 6.92 Å². The van der Waals surface area contributed by atoms with Gasteiger partial charge in [0.25, 0.3) is 0 Å². The lowest BCUT2D eigenvalue weighted by atomic mass is 9.81. The summed E-state index contributed by atoms with van der Waals surface area (Å²) in [5.74, 6) is -1.53. The van der Waals surface area contributed by atoms with Gasteiger partial charge in [0.2, 0.25) is 17.7 Å². The van der Waals surface area contributed by atoms with Gasteiger partial charge >= 0.3 is 5.97 Å². The average Bonchev–Trinajstić information content (AvgIpc) is 3.07. The Kier molecular flexibility index (Phi) is 5.64. The molecule has 3 amide bonds. The first kappa shape index (κ1) is 19.5. The molecule has 1 saturated heterocycles. The number of ether oxygens (including phenoxy) is 1. The smallest absolute Gasteiger partial charge is 0.341 e. The van der Waals surface area contributed by atoms with Gasteiger partial charge in [0, 0.05) is 17.8 Å². The van der Waals surface area contributed by atoms with Crippen molar-refractivity contribution in [3.8, 4) is 0 Å². The van der Waals surface area contributed by atoms with Crippen LogP contribution in [0.1, 0.15) is 52.9 Å². The van der Waals surface area contributed by atoms with E-state index in [1.807, 2.05) is 6.92 Å². The van der Waals surface area contributed by atoms with Crippen molar-refractivity contribution >= 4 is 40.0 Å². The summed E-state index contributed by atoms with van der Waals surface area (Å²) < 4.78 is 4.80. The van der Waals surface area contributed by atoms with E-state index in [2.05, 4.69) is 5.32 Å². The van der Waals surface area contributed by atoms with Crippen LogP contribution in [0.25, 0.3) is 0 Å². The van der Waals surface area contributed by atoms with Crippen molar-refractivity contribution in [2.45, 2.75) is 46.0 Å². The predicted molar refractivity (Wildman–Crippen MR) is 101 cm³/mol. The van der Waals surface area contributed by atoms with Crippen LogP contribution in [0.2, 0.25) is 0 Å². The van der Waals surface area contributed by atoms with Crippen LogP contribution in [0.3, 0.4) is 0 Å². The molecular weight excluding hydrogens is 368 g/mol. The molecule has 1 saturated carbocycles. The van der Waals surface area contributed by atoms with Gasteiger partial charge in [-0.25, -0.2) is 4.79 Å². The number of hydrogen-bond donors (Lipinski definition) is 1. The molecule has 8 heteroatoms. The summed E-state index contributed by atoms with van der Waals surface area (Å²) in [5.41, 5.74) is 1.13. The fourth-order valence-electron chi connectivity index (χ4n) is 3.92. The fraction of sp³-hybridized carbons (Fsp3) is 0.579. The number of rotatable bonds is 5. The molecular formula is C19H24N2O5S. The van der Waals surface area contributed by atoms with E-state index < -0.39 is 5.97 Å². The SMILES string of the molecule is COC(=O)c1c(NC(=O)CCN2C(=O)[C@H]3CCCC[C@@H]3C2=O)sc(C)c1C. The number of nitrogens with one attached hydrogen (secondary N) is 1. The molecule has 1 aromatic heterocycles. The van der Waals surface area contributed by atoms with Gasteiger partial charge in [-0.2, -0.15) is 0 Å². The third-order valence-electron chi connectivity index (χ3n) is 5.52. The minimum absolute atomic E-state index is 0.00747. The van der Waals surface area contributed by atoms with Crippen LogP contribution in [-0.4, -0.2) is 42.2 Å². The Morgan fingerprint density at radius 1 is 1.15 bits per heavy atom. The predicted octanol–water partition coefficient (Wildman–Crippen LogP) is 2.66. The van der Waals surface area contributed by atoms with Gasteiger partial charge in [-0.15, -0.1) is 11.3 Å². The summed E-state index contributed by atoms with van der Waals surface area (Å²) in [6, 6.07) is 0.